The third-order valence-electron chi connectivity index (χ3n) is 3.79. The smallest absolute Gasteiger partial charge is 0.408 e. The Labute approximate surface area is 145 Å². The Balaban J connectivity index is 2.03. The van der Waals surface area contributed by atoms with Gasteiger partial charge in [-0.15, -0.1) is 0 Å². The van der Waals surface area contributed by atoms with Gasteiger partial charge in [0.15, 0.2) is 0 Å². The van der Waals surface area contributed by atoms with Crippen LogP contribution in [0.2, 0.25) is 0 Å². The molecule has 1 aliphatic carbocycles. The highest BCUT2D eigenvalue weighted by atomic mass is 79.9. The number of nitrogens with one attached hydrogen (secondary N) is 2. The van der Waals surface area contributed by atoms with Gasteiger partial charge in [-0.05, 0) is 56.5 Å². The van der Waals surface area contributed by atoms with Gasteiger partial charge in [0.2, 0.25) is 0 Å². The van der Waals surface area contributed by atoms with E-state index in [9.17, 15) is 4.79 Å². The molecule has 1 aromatic rings. The summed E-state index contributed by atoms with van der Waals surface area (Å²) >= 11 is 3.45. The van der Waals surface area contributed by atoms with Crippen LogP contribution >= 0.6 is 15.9 Å². The largest absolute Gasteiger partial charge is 0.444 e. The van der Waals surface area contributed by atoms with Gasteiger partial charge in [-0.1, -0.05) is 12.8 Å². The number of carbonyl (C=O) groups is 1. The lowest BCUT2D eigenvalue weighted by molar-refractivity contribution is 0.0463. The first-order chi connectivity index (χ1) is 10.7. The number of hydrogen-bond donors (Lipinski definition) is 2. The highest BCUT2D eigenvalue weighted by molar-refractivity contribution is 9.10. The van der Waals surface area contributed by atoms with Gasteiger partial charge in [0, 0.05) is 12.7 Å². The number of alkyl carbamates (subject to hydrolysis) is 1. The van der Waals surface area contributed by atoms with E-state index in [1.54, 1.807) is 6.20 Å². The van der Waals surface area contributed by atoms with Crippen LogP contribution < -0.4 is 10.6 Å². The van der Waals surface area contributed by atoms with Crippen molar-refractivity contribution >= 4 is 27.8 Å². The normalized spacial score (nSPS) is 16.9. The fraction of sp³-hybridized carbons (Fsp3) is 0.688. The average molecular weight is 385 g/mol. The average Bonchev–Trinajstić information content (AvgIpc) is 2.86. The zero-order valence-electron chi connectivity index (χ0n) is 14.2. The van der Waals surface area contributed by atoms with E-state index in [4.69, 9.17) is 4.74 Å². The van der Waals surface area contributed by atoms with Crippen molar-refractivity contribution < 1.29 is 9.53 Å². The molecule has 0 atom stereocenters. The zero-order chi connectivity index (χ0) is 17.1. The predicted molar refractivity (Wildman–Crippen MR) is 93.5 cm³/mol. The van der Waals surface area contributed by atoms with Crippen LogP contribution in [0.15, 0.2) is 10.7 Å². The lowest BCUT2D eigenvalue weighted by Crippen LogP contribution is -2.52. The van der Waals surface area contributed by atoms with Crippen molar-refractivity contribution in [3.63, 3.8) is 0 Å². The van der Waals surface area contributed by atoms with Gasteiger partial charge in [-0.25, -0.2) is 14.8 Å². The van der Waals surface area contributed by atoms with Gasteiger partial charge in [0.1, 0.15) is 17.2 Å². The van der Waals surface area contributed by atoms with E-state index in [0.29, 0.717) is 12.4 Å². The van der Waals surface area contributed by atoms with Crippen molar-refractivity contribution in [1.29, 1.82) is 0 Å². The standard InChI is InChI=1S/C16H25BrN4O2/c1-11-18-9-12(17)13(20-11)19-10-16(7-5-6-8-16)21-14(22)23-15(2,3)4/h9H,5-8,10H2,1-4H3,(H,21,22)(H,18,19,20). The van der Waals surface area contributed by atoms with Gasteiger partial charge >= 0.3 is 6.09 Å². The summed E-state index contributed by atoms with van der Waals surface area (Å²) in [4.78, 5) is 20.7. The summed E-state index contributed by atoms with van der Waals surface area (Å²) in [6.07, 6.45) is 5.43. The second kappa shape index (κ2) is 7.03. The third-order valence-corrected chi connectivity index (χ3v) is 4.37. The number of nitrogens with zero attached hydrogens (tertiary/aromatic N) is 2. The summed E-state index contributed by atoms with van der Waals surface area (Å²) in [5.41, 5.74) is -0.787. The third kappa shape index (κ3) is 5.34. The molecular weight excluding hydrogens is 360 g/mol. The highest BCUT2D eigenvalue weighted by Gasteiger charge is 2.36. The first-order valence-corrected chi connectivity index (χ1v) is 8.73. The topological polar surface area (TPSA) is 76.1 Å². The number of carbonyl (C=O) groups excluding carboxylic acids is 1. The molecule has 1 aliphatic rings. The minimum atomic E-state index is -0.496. The quantitative estimate of drug-likeness (QED) is 0.825. The molecule has 0 unspecified atom stereocenters. The van der Waals surface area contributed by atoms with E-state index in [2.05, 4.69) is 36.5 Å². The molecule has 0 aliphatic heterocycles. The van der Waals surface area contributed by atoms with Crippen LogP contribution in [0.25, 0.3) is 0 Å². The Morgan fingerprint density at radius 3 is 2.65 bits per heavy atom. The van der Waals surface area contributed by atoms with Gasteiger partial charge in [-0.2, -0.15) is 0 Å². The zero-order valence-corrected chi connectivity index (χ0v) is 15.8. The molecule has 1 fully saturated rings. The number of rotatable bonds is 4. The molecule has 23 heavy (non-hydrogen) atoms. The van der Waals surface area contributed by atoms with Crippen LogP contribution in [0.1, 0.15) is 52.3 Å². The van der Waals surface area contributed by atoms with E-state index in [-0.39, 0.29) is 11.6 Å². The Hall–Kier alpha value is -1.37. The van der Waals surface area contributed by atoms with Gasteiger partial charge in [0.05, 0.1) is 10.0 Å². The van der Waals surface area contributed by atoms with Crippen LogP contribution in [0, 0.1) is 6.92 Å². The molecule has 0 spiro atoms. The molecule has 0 radical (unpaired) electrons. The van der Waals surface area contributed by atoms with E-state index < -0.39 is 5.60 Å². The van der Waals surface area contributed by atoms with Crippen LogP contribution in [0.3, 0.4) is 0 Å². The minimum Gasteiger partial charge on any atom is -0.444 e. The molecule has 1 heterocycles. The second-order valence-electron chi connectivity index (χ2n) is 7.08. The second-order valence-corrected chi connectivity index (χ2v) is 7.94. The van der Waals surface area contributed by atoms with E-state index in [0.717, 1.165) is 36.0 Å². The van der Waals surface area contributed by atoms with E-state index in [1.807, 2.05) is 27.7 Å². The van der Waals surface area contributed by atoms with Crippen molar-refractivity contribution in [2.24, 2.45) is 0 Å². The molecule has 0 aromatic carbocycles. The minimum absolute atomic E-state index is 0.291. The molecule has 128 valence electrons. The number of hydrogen-bond acceptors (Lipinski definition) is 5. The molecule has 0 saturated heterocycles. The molecule has 2 rings (SSSR count). The lowest BCUT2D eigenvalue weighted by Gasteiger charge is -2.32. The van der Waals surface area contributed by atoms with Crippen molar-refractivity contribution in [2.45, 2.75) is 64.5 Å². The predicted octanol–water partition coefficient (Wildman–Crippen LogP) is 3.80. The van der Waals surface area contributed by atoms with Gasteiger partial charge in [-0.3, -0.25) is 0 Å². The molecule has 1 saturated carbocycles. The number of amides is 1. The summed E-state index contributed by atoms with van der Waals surface area (Å²) in [6.45, 7) is 8.07. The van der Waals surface area contributed by atoms with Crippen molar-refractivity contribution in [3.8, 4) is 0 Å². The molecular formula is C16H25BrN4O2. The van der Waals surface area contributed by atoms with Gasteiger partial charge < -0.3 is 15.4 Å². The maximum atomic E-state index is 12.2. The number of anilines is 1. The van der Waals surface area contributed by atoms with Crippen LogP contribution in [-0.2, 0) is 4.74 Å². The molecule has 0 bridgehead atoms. The molecule has 6 nitrogen and oxygen atoms in total. The summed E-state index contributed by atoms with van der Waals surface area (Å²) < 4.78 is 6.22. The molecule has 2 N–H and O–H groups in total. The Bertz CT molecular complexity index is 566. The number of halogens is 1. The Morgan fingerprint density at radius 2 is 2.04 bits per heavy atom. The van der Waals surface area contributed by atoms with Crippen LogP contribution in [0.5, 0.6) is 0 Å². The van der Waals surface area contributed by atoms with E-state index in [1.165, 1.54) is 0 Å². The molecule has 7 heteroatoms. The van der Waals surface area contributed by atoms with Crippen LogP contribution in [0.4, 0.5) is 10.6 Å². The monoisotopic (exact) mass is 384 g/mol. The van der Waals surface area contributed by atoms with E-state index >= 15 is 0 Å². The summed E-state index contributed by atoms with van der Waals surface area (Å²) in [5.74, 6) is 1.45. The Kier molecular flexibility index (Phi) is 5.49. The van der Waals surface area contributed by atoms with Gasteiger partial charge in [0.25, 0.3) is 0 Å². The molecule has 1 amide bonds. The summed E-state index contributed by atoms with van der Waals surface area (Å²) in [5, 5.41) is 6.41. The fourth-order valence-electron chi connectivity index (χ4n) is 2.75. The number of ether oxygens (including phenoxy) is 1. The Morgan fingerprint density at radius 1 is 1.39 bits per heavy atom. The van der Waals surface area contributed by atoms with Crippen LogP contribution in [-0.4, -0.2) is 33.7 Å². The highest BCUT2D eigenvalue weighted by Crippen LogP contribution is 2.31. The molecule has 1 aromatic heterocycles. The van der Waals surface area contributed by atoms with Crippen molar-refractivity contribution in [1.82, 2.24) is 15.3 Å². The maximum Gasteiger partial charge on any atom is 0.408 e. The maximum absolute atomic E-state index is 12.2. The van der Waals surface area contributed by atoms with Crippen molar-refractivity contribution in [2.75, 3.05) is 11.9 Å². The first kappa shape index (κ1) is 18.0. The lowest BCUT2D eigenvalue weighted by atomic mass is 9.98. The number of aryl methyl sites for hydroxylation is 1. The number of aromatic nitrogens is 2. The first-order valence-electron chi connectivity index (χ1n) is 7.93. The summed E-state index contributed by atoms with van der Waals surface area (Å²) in [7, 11) is 0. The summed E-state index contributed by atoms with van der Waals surface area (Å²) in [6, 6.07) is 0. The van der Waals surface area contributed by atoms with Crippen molar-refractivity contribution in [3.05, 3.63) is 16.5 Å². The fourth-order valence-corrected chi connectivity index (χ4v) is 3.08. The SMILES string of the molecule is Cc1ncc(Br)c(NCC2(NC(=O)OC(C)(C)C)CCCC2)n1.